The first-order valence-corrected chi connectivity index (χ1v) is 6.35. The van der Waals surface area contributed by atoms with Gasteiger partial charge in [-0.1, -0.05) is 0 Å². The Morgan fingerprint density at radius 1 is 1.30 bits per heavy atom. The number of carboxylic acid groups (broad SMARTS) is 1. The second kappa shape index (κ2) is 7.13. The summed E-state index contributed by atoms with van der Waals surface area (Å²) in [5.74, 6) is -2.64. The van der Waals surface area contributed by atoms with Crippen LogP contribution in [0.5, 0.6) is 0 Å². The van der Waals surface area contributed by atoms with Crippen LogP contribution < -0.4 is 0 Å². The van der Waals surface area contributed by atoms with Crippen molar-refractivity contribution in [3.8, 4) is 0 Å². The Bertz CT molecular complexity index is 468. The summed E-state index contributed by atoms with van der Waals surface area (Å²) < 4.78 is 36.8. The molecule has 0 atom stereocenters. The van der Waals surface area contributed by atoms with E-state index >= 15 is 0 Å². The van der Waals surface area contributed by atoms with Gasteiger partial charge in [-0.25, -0.2) is 0 Å². The Morgan fingerprint density at radius 2 is 1.90 bits per heavy atom. The molecule has 0 aliphatic heterocycles. The van der Waals surface area contributed by atoms with Crippen molar-refractivity contribution in [3.05, 3.63) is 24.5 Å². The highest BCUT2D eigenvalue weighted by Crippen LogP contribution is 2.20. The molecule has 110 valence electrons. The molecule has 1 heterocycles. The predicted molar refractivity (Wildman–Crippen MR) is 65.2 cm³/mol. The third kappa shape index (κ3) is 6.41. The first-order chi connectivity index (χ1) is 9.28. The van der Waals surface area contributed by atoms with Crippen LogP contribution in [0.3, 0.4) is 0 Å². The van der Waals surface area contributed by atoms with Crippen LogP contribution in [0.25, 0.3) is 0 Å². The highest BCUT2D eigenvalue weighted by Gasteiger charge is 2.33. The Kier molecular flexibility index (Phi) is 5.81. The molecule has 0 spiro atoms. The quantitative estimate of drug-likeness (QED) is 0.809. The summed E-state index contributed by atoms with van der Waals surface area (Å²) in [4.78, 5) is 26.9. The normalized spacial score (nSPS) is 11.2. The van der Waals surface area contributed by atoms with Gasteiger partial charge in [0.25, 0.3) is 0 Å². The summed E-state index contributed by atoms with van der Waals surface area (Å²) in [5, 5.41) is 8.54. The van der Waals surface area contributed by atoms with Gasteiger partial charge in [0.1, 0.15) is 13.1 Å². The van der Waals surface area contributed by atoms with E-state index in [1.54, 1.807) is 12.1 Å². The molecule has 1 N–H and O–H groups in total. The van der Waals surface area contributed by atoms with Crippen LogP contribution >= 0.6 is 11.8 Å². The summed E-state index contributed by atoms with van der Waals surface area (Å²) in [6.45, 7) is -2.55. The van der Waals surface area contributed by atoms with E-state index in [1.807, 2.05) is 0 Å². The Balaban J connectivity index is 2.61. The first-order valence-electron chi connectivity index (χ1n) is 5.37. The van der Waals surface area contributed by atoms with Crippen molar-refractivity contribution in [2.24, 2.45) is 0 Å². The molecule has 5 nitrogen and oxygen atoms in total. The van der Waals surface area contributed by atoms with E-state index in [0.29, 0.717) is 4.90 Å². The lowest BCUT2D eigenvalue weighted by atomic mass is 10.4. The average Bonchev–Trinajstić information content (AvgIpc) is 2.34. The van der Waals surface area contributed by atoms with Crippen LogP contribution in [-0.2, 0) is 9.59 Å². The molecule has 9 heteroatoms. The number of nitrogens with zero attached hydrogens (tertiary/aromatic N) is 2. The predicted octanol–water partition coefficient (Wildman–Crippen LogP) is 1.65. The van der Waals surface area contributed by atoms with E-state index in [1.165, 1.54) is 12.4 Å². The Morgan fingerprint density at radius 3 is 2.40 bits per heavy atom. The number of aliphatic carboxylic acids is 1. The number of aromatic nitrogens is 1. The number of hydrogen-bond acceptors (Lipinski definition) is 4. The Hall–Kier alpha value is -1.77. The van der Waals surface area contributed by atoms with Gasteiger partial charge in [0.15, 0.2) is 0 Å². The van der Waals surface area contributed by atoms with Crippen LogP contribution in [0.2, 0.25) is 0 Å². The van der Waals surface area contributed by atoms with Crippen LogP contribution in [0.1, 0.15) is 0 Å². The molecule has 1 amide bonds. The zero-order valence-electron chi connectivity index (χ0n) is 10.1. The number of carbonyl (C=O) groups is 2. The smallest absolute Gasteiger partial charge is 0.406 e. The van der Waals surface area contributed by atoms with Crippen molar-refractivity contribution < 1.29 is 27.9 Å². The van der Waals surface area contributed by atoms with Crippen molar-refractivity contribution in [1.29, 1.82) is 0 Å². The van der Waals surface area contributed by atoms with Gasteiger partial charge < -0.3 is 10.0 Å². The third-order valence-corrected chi connectivity index (χ3v) is 3.06. The molecule has 1 aromatic heterocycles. The van der Waals surface area contributed by atoms with Crippen molar-refractivity contribution in [1.82, 2.24) is 9.88 Å². The molecule has 0 saturated carbocycles. The number of carboxylic acids is 1. The van der Waals surface area contributed by atoms with Crippen LogP contribution in [0.15, 0.2) is 29.4 Å². The van der Waals surface area contributed by atoms with Crippen molar-refractivity contribution in [2.45, 2.75) is 11.1 Å². The second-order valence-corrected chi connectivity index (χ2v) is 4.78. The first kappa shape index (κ1) is 16.3. The number of alkyl halides is 3. The molecule has 0 radical (unpaired) electrons. The topological polar surface area (TPSA) is 70.5 Å². The van der Waals surface area contributed by atoms with E-state index < -0.39 is 31.1 Å². The highest BCUT2D eigenvalue weighted by molar-refractivity contribution is 8.00. The van der Waals surface area contributed by atoms with Gasteiger partial charge >= 0.3 is 12.1 Å². The van der Waals surface area contributed by atoms with Crippen LogP contribution in [0, 0.1) is 0 Å². The molecule has 20 heavy (non-hydrogen) atoms. The van der Waals surface area contributed by atoms with E-state index in [2.05, 4.69) is 4.98 Å². The lowest BCUT2D eigenvalue weighted by molar-refractivity contribution is -0.164. The van der Waals surface area contributed by atoms with Crippen molar-refractivity contribution in [2.75, 3.05) is 18.8 Å². The number of halogens is 3. The van der Waals surface area contributed by atoms with Crippen molar-refractivity contribution in [3.63, 3.8) is 0 Å². The fourth-order valence-corrected chi connectivity index (χ4v) is 2.07. The van der Waals surface area contributed by atoms with Gasteiger partial charge in [0.2, 0.25) is 5.91 Å². The number of amides is 1. The molecule has 0 unspecified atom stereocenters. The van der Waals surface area contributed by atoms with E-state index in [9.17, 15) is 22.8 Å². The van der Waals surface area contributed by atoms with E-state index in [4.69, 9.17) is 5.11 Å². The number of pyridine rings is 1. The molecular formula is C11H11F3N2O3S. The Labute approximate surface area is 116 Å². The molecule has 0 saturated heterocycles. The summed E-state index contributed by atoms with van der Waals surface area (Å²) in [6, 6.07) is 3.20. The van der Waals surface area contributed by atoms with E-state index in [0.717, 1.165) is 11.8 Å². The fraction of sp³-hybridized carbons (Fsp3) is 0.364. The standard InChI is InChI=1S/C11H11F3N2O3S/c12-11(13,14)7-16(5-10(18)19)9(17)6-20-8-1-3-15-4-2-8/h1-4H,5-7H2,(H,18,19). The average molecular weight is 308 g/mol. The van der Waals surface area contributed by atoms with E-state index in [-0.39, 0.29) is 10.7 Å². The number of carbonyl (C=O) groups excluding carboxylic acids is 1. The minimum Gasteiger partial charge on any atom is -0.480 e. The summed E-state index contributed by atoms with van der Waals surface area (Å²) >= 11 is 1.02. The SMILES string of the molecule is O=C(O)CN(CC(F)(F)F)C(=O)CSc1ccncc1. The highest BCUT2D eigenvalue weighted by atomic mass is 32.2. The second-order valence-electron chi connectivity index (χ2n) is 3.73. The summed E-state index contributed by atoms with van der Waals surface area (Å²) in [7, 11) is 0. The molecule has 1 rings (SSSR count). The largest absolute Gasteiger partial charge is 0.480 e. The van der Waals surface area contributed by atoms with Gasteiger partial charge in [0, 0.05) is 17.3 Å². The zero-order valence-corrected chi connectivity index (χ0v) is 10.9. The van der Waals surface area contributed by atoms with Gasteiger partial charge in [-0.3, -0.25) is 14.6 Å². The summed E-state index contributed by atoms with van der Waals surface area (Å²) in [6.07, 6.45) is -1.67. The molecule has 0 aliphatic carbocycles. The number of rotatable bonds is 6. The minimum atomic E-state index is -4.63. The van der Waals surface area contributed by atoms with Gasteiger partial charge in [-0.15, -0.1) is 11.8 Å². The molecular weight excluding hydrogens is 297 g/mol. The number of hydrogen-bond donors (Lipinski definition) is 1. The lowest BCUT2D eigenvalue weighted by Gasteiger charge is -2.21. The molecule has 0 aliphatic rings. The molecule has 0 aromatic carbocycles. The van der Waals surface area contributed by atoms with Gasteiger partial charge in [0.05, 0.1) is 5.75 Å². The zero-order chi connectivity index (χ0) is 15.2. The lowest BCUT2D eigenvalue weighted by Crippen LogP contribution is -2.42. The van der Waals surface area contributed by atoms with Gasteiger partial charge in [-0.2, -0.15) is 13.2 Å². The monoisotopic (exact) mass is 308 g/mol. The molecule has 0 bridgehead atoms. The molecule has 1 aromatic rings. The maximum atomic E-state index is 12.3. The fourth-order valence-electron chi connectivity index (χ4n) is 1.28. The maximum absolute atomic E-state index is 12.3. The van der Waals surface area contributed by atoms with Crippen LogP contribution in [-0.4, -0.2) is 51.9 Å². The third-order valence-electron chi connectivity index (χ3n) is 2.06. The summed E-state index contributed by atoms with van der Waals surface area (Å²) in [5.41, 5.74) is 0. The molecule has 0 fully saturated rings. The van der Waals surface area contributed by atoms with Crippen molar-refractivity contribution >= 4 is 23.6 Å². The van der Waals surface area contributed by atoms with Crippen LogP contribution in [0.4, 0.5) is 13.2 Å². The number of thioether (sulfide) groups is 1. The maximum Gasteiger partial charge on any atom is 0.406 e. The van der Waals surface area contributed by atoms with Gasteiger partial charge in [-0.05, 0) is 12.1 Å². The minimum absolute atomic E-state index is 0.270.